The molecule has 3 fully saturated rings. The van der Waals surface area contributed by atoms with E-state index in [9.17, 15) is 4.39 Å². The van der Waals surface area contributed by atoms with Crippen LogP contribution in [-0.2, 0) is 11.8 Å². The van der Waals surface area contributed by atoms with Crippen LogP contribution in [-0.4, -0.2) is 70.9 Å². The molecule has 8 heteroatoms. The van der Waals surface area contributed by atoms with Crippen molar-refractivity contribution in [2.45, 2.75) is 42.8 Å². The SMILES string of the molecule is Cn1c(SCCCN2CC3CCN(c4ccc(F)cc4)[C@@H]3C2)nnc1C1CCOCC1. The van der Waals surface area contributed by atoms with Gasteiger partial charge in [0.2, 0.25) is 0 Å². The summed E-state index contributed by atoms with van der Waals surface area (Å²) < 4.78 is 20.9. The van der Waals surface area contributed by atoms with Crippen LogP contribution in [0.1, 0.15) is 37.4 Å². The molecule has 2 atom stereocenters. The van der Waals surface area contributed by atoms with Gasteiger partial charge in [-0.05, 0) is 62.4 Å². The Hall–Kier alpha value is -1.64. The zero-order chi connectivity index (χ0) is 21.2. The Labute approximate surface area is 188 Å². The average molecular weight is 446 g/mol. The van der Waals surface area contributed by atoms with Crippen LogP contribution in [0.3, 0.4) is 0 Å². The van der Waals surface area contributed by atoms with Crippen LogP contribution in [0, 0.1) is 11.7 Å². The molecule has 1 aromatic heterocycles. The second-order valence-corrected chi connectivity index (χ2v) is 10.1. The van der Waals surface area contributed by atoms with Crippen LogP contribution in [0.2, 0.25) is 0 Å². The van der Waals surface area contributed by atoms with E-state index in [4.69, 9.17) is 4.74 Å². The number of fused-ring (bicyclic) bond motifs is 1. The molecule has 1 aromatic carbocycles. The maximum Gasteiger partial charge on any atom is 0.190 e. The fourth-order valence-electron chi connectivity index (χ4n) is 5.40. The lowest BCUT2D eigenvalue weighted by Gasteiger charge is -2.27. The zero-order valence-corrected chi connectivity index (χ0v) is 19.1. The molecule has 31 heavy (non-hydrogen) atoms. The number of halogens is 1. The first kappa shape index (κ1) is 21.2. The van der Waals surface area contributed by atoms with Crippen LogP contribution in [0.4, 0.5) is 10.1 Å². The quantitative estimate of drug-likeness (QED) is 0.480. The minimum absolute atomic E-state index is 0.159. The number of benzene rings is 1. The van der Waals surface area contributed by atoms with Crippen molar-refractivity contribution in [2.24, 2.45) is 13.0 Å². The predicted molar refractivity (Wildman–Crippen MR) is 121 cm³/mol. The van der Waals surface area contributed by atoms with E-state index in [1.807, 2.05) is 23.9 Å². The number of hydrogen-bond acceptors (Lipinski definition) is 6. The van der Waals surface area contributed by atoms with Gasteiger partial charge in [0, 0.05) is 63.3 Å². The number of hydrogen-bond donors (Lipinski definition) is 0. The number of anilines is 1. The average Bonchev–Trinajstić information content (AvgIpc) is 3.47. The summed E-state index contributed by atoms with van der Waals surface area (Å²) in [6, 6.07) is 7.57. The molecule has 1 unspecified atom stereocenters. The van der Waals surface area contributed by atoms with Crippen molar-refractivity contribution in [1.29, 1.82) is 0 Å². The monoisotopic (exact) mass is 445 g/mol. The van der Waals surface area contributed by atoms with Gasteiger partial charge >= 0.3 is 0 Å². The summed E-state index contributed by atoms with van der Waals surface area (Å²) >= 11 is 1.82. The number of nitrogens with zero attached hydrogens (tertiary/aromatic N) is 5. The van der Waals surface area contributed by atoms with Crippen LogP contribution in [0.5, 0.6) is 0 Å². The summed E-state index contributed by atoms with van der Waals surface area (Å²) in [5.41, 5.74) is 1.16. The molecule has 0 saturated carbocycles. The van der Waals surface area contributed by atoms with E-state index in [1.54, 1.807) is 12.1 Å². The first-order valence-corrected chi connectivity index (χ1v) is 12.5. The van der Waals surface area contributed by atoms with Gasteiger partial charge < -0.3 is 19.1 Å². The van der Waals surface area contributed by atoms with E-state index in [2.05, 4.69) is 31.6 Å². The molecule has 0 N–H and O–H groups in total. The molecular formula is C23H32FN5OS. The van der Waals surface area contributed by atoms with Crippen molar-refractivity contribution < 1.29 is 9.13 Å². The van der Waals surface area contributed by atoms with Crippen molar-refractivity contribution >= 4 is 17.4 Å². The first-order chi connectivity index (χ1) is 15.2. The molecule has 0 bridgehead atoms. The Morgan fingerprint density at radius 1 is 1.10 bits per heavy atom. The van der Waals surface area contributed by atoms with E-state index < -0.39 is 0 Å². The van der Waals surface area contributed by atoms with Gasteiger partial charge in [-0.2, -0.15) is 0 Å². The minimum Gasteiger partial charge on any atom is -0.381 e. The van der Waals surface area contributed by atoms with Gasteiger partial charge in [0.25, 0.3) is 0 Å². The Morgan fingerprint density at radius 3 is 2.71 bits per heavy atom. The van der Waals surface area contributed by atoms with E-state index in [1.165, 1.54) is 13.0 Å². The van der Waals surface area contributed by atoms with Gasteiger partial charge in [0.15, 0.2) is 5.16 Å². The van der Waals surface area contributed by atoms with Crippen LogP contribution in [0.25, 0.3) is 0 Å². The van der Waals surface area contributed by atoms with E-state index >= 15 is 0 Å². The molecule has 3 aliphatic rings. The largest absolute Gasteiger partial charge is 0.381 e. The fraction of sp³-hybridized carbons (Fsp3) is 0.652. The van der Waals surface area contributed by atoms with Crippen molar-refractivity contribution in [2.75, 3.05) is 50.0 Å². The van der Waals surface area contributed by atoms with Crippen LogP contribution >= 0.6 is 11.8 Å². The normalized spacial score (nSPS) is 24.8. The highest BCUT2D eigenvalue weighted by Crippen LogP contribution is 2.35. The van der Waals surface area contributed by atoms with Gasteiger partial charge in [-0.25, -0.2) is 4.39 Å². The van der Waals surface area contributed by atoms with Crippen LogP contribution in [0.15, 0.2) is 29.4 Å². The lowest BCUT2D eigenvalue weighted by Crippen LogP contribution is -2.35. The summed E-state index contributed by atoms with van der Waals surface area (Å²) in [7, 11) is 2.10. The maximum absolute atomic E-state index is 13.3. The molecule has 6 nitrogen and oxygen atoms in total. The third-order valence-electron chi connectivity index (χ3n) is 7.09. The molecule has 0 radical (unpaired) electrons. The summed E-state index contributed by atoms with van der Waals surface area (Å²) in [5.74, 6) is 3.23. The maximum atomic E-state index is 13.3. The molecule has 4 heterocycles. The Morgan fingerprint density at radius 2 is 1.90 bits per heavy atom. The molecule has 3 aliphatic heterocycles. The zero-order valence-electron chi connectivity index (χ0n) is 18.3. The molecule has 3 saturated heterocycles. The Kier molecular flexibility index (Phi) is 6.48. The van der Waals surface area contributed by atoms with Gasteiger partial charge in [-0.1, -0.05) is 11.8 Å². The summed E-state index contributed by atoms with van der Waals surface area (Å²) in [6.07, 6.45) is 4.48. The van der Waals surface area contributed by atoms with Crippen LogP contribution < -0.4 is 4.90 Å². The minimum atomic E-state index is -0.159. The van der Waals surface area contributed by atoms with Gasteiger partial charge in [-0.3, -0.25) is 0 Å². The highest BCUT2D eigenvalue weighted by Gasteiger charge is 2.41. The lowest BCUT2D eigenvalue weighted by atomic mass is 10.00. The lowest BCUT2D eigenvalue weighted by molar-refractivity contribution is 0.0828. The summed E-state index contributed by atoms with van der Waals surface area (Å²) in [5, 5.41) is 9.95. The molecule has 5 rings (SSSR count). The Balaban J connectivity index is 1.08. The summed E-state index contributed by atoms with van der Waals surface area (Å²) in [4.78, 5) is 5.09. The smallest absolute Gasteiger partial charge is 0.190 e. The molecule has 168 valence electrons. The number of thioether (sulfide) groups is 1. The third kappa shape index (κ3) is 4.61. The molecule has 0 amide bonds. The van der Waals surface area contributed by atoms with Crippen molar-refractivity contribution in [3.8, 4) is 0 Å². The van der Waals surface area contributed by atoms with Gasteiger partial charge in [0.05, 0.1) is 0 Å². The second-order valence-electron chi connectivity index (χ2n) is 9.03. The molecular weight excluding hydrogens is 413 g/mol. The number of aromatic nitrogens is 3. The summed E-state index contributed by atoms with van der Waals surface area (Å²) in [6.45, 7) is 6.18. The van der Waals surface area contributed by atoms with Crippen molar-refractivity contribution in [1.82, 2.24) is 19.7 Å². The highest BCUT2D eigenvalue weighted by molar-refractivity contribution is 7.99. The fourth-order valence-corrected chi connectivity index (χ4v) is 6.24. The first-order valence-electron chi connectivity index (χ1n) is 11.5. The van der Waals surface area contributed by atoms with Gasteiger partial charge in [0.1, 0.15) is 11.6 Å². The van der Waals surface area contributed by atoms with Crippen molar-refractivity contribution in [3.05, 3.63) is 35.9 Å². The van der Waals surface area contributed by atoms with E-state index in [0.29, 0.717) is 12.0 Å². The topological polar surface area (TPSA) is 46.4 Å². The van der Waals surface area contributed by atoms with Gasteiger partial charge in [-0.15, -0.1) is 10.2 Å². The predicted octanol–water partition coefficient (Wildman–Crippen LogP) is 3.54. The second kappa shape index (κ2) is 9.46. The molecule has 0 aliphatic carbocycles. The number of rotatable bonds is 7. The molecule has 0 spiro atoms. The highest BCUT2D eigenvalue weighted by atomic mass is 32.2. The van der Waals surface area contributed by atoms with E-state index in [-0.39, 0.29) is 5.82 Å². The Bertz CT molecular complexity index is 869. The standard InChI is InChI=1S/C23H32FN5OS/c1-27-22(17-8-12-30-13-9-17)25-26-23(27)31-14-2-10-28-15-18-7-11-29(21(18)16-28)20-5-3-19(24)4-6-20/h3-6,17-18,21H,2,7-16H2,1H3/t18?,21-/m1/s1. The van der Waals surface area contributed by atoms with E-state index in [0.717, 1.165) is 80.4 Å². The number of ether oxygens (including phenoxy) is 1. The molecule has 2 aromatic rings. The van der Waals surface area contributed by atoms with Crippen molar-refractivity contribution in [3.63, 3.8) is 0 Å². The third-order valence-corrected chi connectivity index (χ3v) is 8.19. The number of likely N-dealkylation sites (tertiary alicyclic amines) is 1.